The molecule has 128 valence electrons. The first kappa shape index (κ1) is 16.5. The topological polar surface area (TPSA) is 55.3 Å². The van der Waals surface area contributed by atoms with Crippen molar-refractivity contribution in [1.82, 2.24) is 15.2 Å². The third-order valence-corrected chi connectivity index (χ3v) is 4.13. The van der Waals surface area contributed by atoms with Crippen LogP contribution in [-0.4, -0.2) is 29.9 Å². The predicted octanol–water partition coefficient (Wildman–Crippen LogP) is 2.65. The van der Waals surface area contributed by atoms with E-state index in [0.29, 0.717) is 19.6 Å². The number of nitrogens with one attached hydrogen (secondary N) is 2. The summed E-state index contributed by atoms with van der Waals surface area (Å²) >= 11 is 0. The van der Waals surface area contributed by atoms with Gasteiger partial charge >= 0.3 is 6.03 Å². The summed E-state index contributed by atoms with van der Waals surface area (Å²) in [6, 6.07) is 10.1. The van der Waals surface area contributed by atoms with Crippen LogP contribution >= 0.6 is 0 Å². The number of nitrogens with zero attached hydrogens (tertiary/aromatic N) is 1. The Bertz CT molecular complexity index is 663. The Kier molecular flexibility index (Phi) is 5.48. The molecule has 1 aromatic carbocycles. The molecule has 1 aromatic heterocycles. The molecule has 2 aromatic rings. The number of hydrogen-bond donors (Lipinski definition) is 2. The van der Waals surface area contributed by atoms with E-state index in [4.69, 9.17) is 4.74 Å². The molecule has 2 N–H and O–H groups in total. The van der Waals surface area contributed by atoms with E-state index in [0.717, 1.165) is 30.7 Å². The van der Waals surface area contributed by atoms with Gasteiger partial charge in [-0.1, -0.05) is 12.1 Å². The van der Waals surface area contributed by atoms with E-state index < -0.39 is 0 Å². The van der Waals surface area contributed by atoms with Gasteiger partial charge < -0.3 is 19.9 Å². The maximum absolute atomic E-state index is 13.0. The maximum Gasteiger partial charge on any atom is 0.315 e. The lowest BCUT2D eigenvalue weighted by Crippen LogP contribution is -2.39. The van der Waals surface area contributed by atoms with Crippen molar-refractivity contribution in [3.8, 4) is 0 Å². The molecule has 3 rings (SSSR count). The zero-order chi connectivity index (χ0) is 16.8. The number of rotatable bonds is 6. The highest BCUT2D eigenvalue weighted by Gasteiger charge is 2.16. The summed E-state index contributed by atoms with van der Waals surface area (Å²) in [4.78, 5) is 11.9. The van der Waals surface area contributed by atoms with Gasteiger partial charge in [-0.15, -0.1) is 0 Å². The standard InChI is InChI=1S/C18H22FN3O2/c19-15-7-5-14(6-8-15)13-22-9-1-3-16(22)11-20-18(23)21-12-17-4-2-10-24-17/h1,3,5-9,17H,2,4,10-13H2,(H2,20,21,23)/t17-/m0/s1. The Morgan fingerprint density at radius 3 is 2.83 bits per heavy atom. The maximum atomic E-state index is 13.0. The minimum absolute atomic E-state index is 0.137. The van der Waals surface area contributed by atoms with Gasteiger partial charge in [0.2, 0.25) is 0 Å². The monoisotopic (exact) mass is 331 g/mol. The van der Waals surface area contributed by atoms with Crippen molar-refractivity contribution in [3.05, 3.63) is 59.7 Å². The average Bonchev–Trinajstić information content (AvgIpc) is 3.25. The highest BCUT2D eigenvalue weighted by molar-refractivity contribution is 5.73. The SMILES string of the molecule is O=C(NCc1cccn1Cc1ccc(F)cc1)NC[C@@H]1CCCO1. The Hall–Kier alpha value is -2.34. The van der Waals surface area contributed by atoms with Gasteiger partial charge in [-0.05, 0) is 42.7 Å². The second-order valence-corrected chi connectivity index (χ2v) is 5.95. The fraction of sp³-hybridized carbons (Fsp3) is 0.389. The number of aromatic nitrogens is 1. The number of halogens is 1. The van der Waals surface area contributed by atoms with Crippen molar-refractivity contribution in [2.24, 2.45) is 0 Å². The van der Waals surface area contributed by atoms with Crippen LogP contribution in [0.3, 0.4) is 0 Å². The number of ether oxygens (including phenoxy) is 1. The lowest BCUT2D eigenvalue weighted by Gasteiger charge is -2.13. The molecule has 2 amide bonds. The fourth-order valence-electron chi connectivity index (χ4n) is 2.80. The summed E-state index contributed by atoms with van der Waals surface area (Å²) < 4.78 is 20.5. The van der Waals surface area contributed by atoms with Crippen LogP contribution < -0.4 is 10.6 Å². The summed E-state index contributed by atoms with van der Waals surface area (Å²) in [5, 5.41) is 5.69. The molecular formula is C18H22FN3O2. The van der Waals surface area contributed by atoms with Crippen molar-refractivity contribution < 1.29 is 13.9 Å². The fourth-order valence-corrected chi connectivity index (χ4v) is 2.80. The number of amides is 2. The molecule has 0 spiro atoms. The molecule has 1 atom stereocenters. The lowest BCUT2D eigenvalue weighted by molar-refractivity contribution is 0.111. The van der Waals surface area contributed by atoms with E-state index in [1.165, 1.54) is 12.1 Å². The number of urea groups is 1. The van der Waals surface area contributed by atoms with Crippen molar-refractivity contribution in [3.63, 3.8) is 0 Å². The van der Waals surface area contributed by atoms with Gasteiger partial charge in [-0.3, -0.25) is 0 Å². The molecule has 0 saturated carbocycles. The van der Waals surface area contributed by atoms with Crippen LogP contribution in [0.1, 0.15) is 24.1 Å². The minimum atomic E-state index is -0.240. The molecule has 6 heteroatoms. The highest BCUT2D eigenvalue weighted by atomic mass is 19.1. The molecule has 0 bridgehead atoms. The Morgan fingerprint density at radius 2 is 2.08 bits per heavy atom. The van der Waals surface area contributed by atoms with Crippen molar-refractivity contribution in [2.75, 3.05) is 13.2 Å². The molecule has 1 aliphatic rings. The van der Waals surface area contributed by atoms with Crippen LogP contribution in [0.4, 0.5) is 9.18 Å². The zero-order valence-corrected chi connectivity index (χ0v) is 13.5. The van der Waals surface area contributed by atoms with Gasteiger partial charge in [0.25, 0.3) is 0 Å². The quantitative estimate of drug-likeness (QED) is 0.855. The molecule has 1 aliphatic heterocycles. The highest BCUT2D eigenvalue weighted by Crippen LogP contribution is 2.11. The second-order valence-electron chi connectivity index (χ2n) is 5.95. The number of carbonyl (C=O) groups excluding carboxylic acids is 1. The van der Waals surface area contributed by atoms with Crippen molar-refractivity contribution in [2.45, 2.75) is 32.0 Å². The van der Waals surface area contributed by atoms with Gasteiger partial charge in [0.15, 0.2) is 0 Å². The summed E-state index contributed by atoms with van der Waals surface area (Å²) in [7, 11) is 0. The van der Waals surface area contributed by atoms with Gasteiger partial charge in [-0.2, -0.15) is 0 Å². The minimum Gasteiger partial charge on any atom is -0.376 e. The third kappa shape index (κ3) is 4.58. The van der Waals surface area contributed by atoms with E-state index in [1.54, 1.807) is 12.1 Å². The number of carbonyl (C=O) groups is 1. The molecule has 0 aliphatic carbocycles. The molecule has 1 fully saturated rings. The van der Waals surface area contributed by atoms with Crippen LogP contribution in [0.25, 0.3) is 0 Å². The first-order valence-electron chi connectivity index (χ1n) is 8.22. The van der Waals surface area contributed by atoms with E-state index in [9.17, 15) is 9.18 Å². The summed E-state index contributed by atoms with van der Waals surface area (Å²) in [6.07, 6.45) is 4.15. The zero-order valence-electron chi connectivity index (χ0n) is 13.5. The van der Waals surface area contributed by atoms with E-state index in [-0.39, 0.29) is 18.0 Å². The van der Waals surface area contributed by atoms with Gasteiger partial charge in [0.1, 0.15) is 5.82 Å². The van der Waals surface area contributed by atoms with Crippen molar-refractivity contribution >= 4 is 6.03 Å². The number of benzene rings is 1. The third-order valence-electron chi connectivity index (χ3n) is 4.13. The predicted molar refractivity (Wildman–Crippen MR) is 89.1 cm³/mol. The van der Waals surface area contributed by atoms with Gasteiger partial charge in [-0.25, -0.2) is 9.18 Å². The first-order valence-corrected chi connectivity index (χ1v) is 8.22. The molecule has 1 saturated heterocycles. The molecule has 0 unspecified atom stereocenters. The van der Waals surface area contributed by atoms with E-state index in [2.05, 4.69) is 10.6 Å². The lowest BCUT2D eigenvalue weighted by atomic mass is 10.2. The van der Waals surface area contributed by atoms with Crippen LogP contribution in [0.2, 0.25) is 0 Å². The Labute approximate surface area is 140 Å². The largest absolute Gasteiger partial charge is 0.376 e. The first-order chi connectivity index (χ1) is 11.7. The van der Waals surface area contributed by atoms with Crippen LogP contribution in [0, 0.1) is 5.82 Å². The van der Waals surface area contributed by atoms with Crippen molar-refractivity contribution in [1.29, 1.82) is 0 Å². The molecule has 0 radical (unpaired) electrons. The Morgan fingerprint density at radius 1 is 1.25 bits per heavy atom. The summed E-state index contributed by atoms with van der Waals surface area (Å²) in [5.41, 5.74) is 2.00. The van der Waals surface area contributed by atoms with E-state index >= 15 is 0 Å². The van der Waals surface area contributed by atoms with Crippen LogP contribution in [0.5, 0.6) is 0 Å². The smallest absolute Gasteiger partial charge is 0.315 e. The molecular weight excluding hydrogens is 309 g/mol. The average molecular weight is 331 g/mol. The molecule has 24 heavy (non-hydrogen) atoms. The van der Waals surface area contributed by atoms with E-state index in [1.807, 2.05) is 22.9 Å². The number of hydrogen-bond acceptors (Lipinski definition) is 2. The summed E-state index contributed by atoms with van der Waals surface area (Å²) in [6.45, 7) is 2.40. The molecule has 2 heterocycles. The van der Waals surface area contributed by atoms with Gasteiger partial charge in [0, 0.05) is 31.6 Å². The normalized spacial score (nSPS) is 17.0. The van der Waals surface area contributed by atoms with Crippen LogP contribution in [0.15, 0.2) is 42.6 Å². The Balaban J connectivity index is 1.47. The summed E-state index contributed by atoms with van der Waals surface area (Å²) in [5.74, 6) is -0.240. The van der Waals surface area contributed by atoms with Gasteiger partial charge in [0.05, 0.1) is 12.6 Å². The molecule has 5 nitrogen and oxygen atoms in total. The second kappa shape index (κ2) is 7.97. The van der Waals surface area contributed by atoms with Crippen LogP contribution in [-0.2, 0) is 17.8 Å².